The summed E-state index contributed by atoms with van der Waals surface area (Å²) >= 11 is 28.8. The minimum Gasteiger partial charge on any atom is -0.361 e. The predicted molar refractivity (Wildman–Crippen MR) is 264 cm³/mol. The zero-order chi connectivity index (χ0) is 45.1. The van der Waals surface area contributed by atoms with Gasteiger partial charge in [-0.05, 0) is 95.5 Å². The second-order valence-corrected chi connectivity index (χ2v) is 21.4. The van der Waals surface area contributed by atoms with E-state index in [1.807, 2.05) is 121 Å². The van der Waals surface area contributed by atoms with Crippen LogP contribution in [0.3, 0.4) is 0 Å². The normalized spacial score (nSPS) is 21.4. The van der Waals surface area contributed by atoms with E-state index in [4.69, 9.17) is 55.9 Å². The van der Waals surface area contributed by atoms with E-state index in [2.05, 4.69) is 65.2 Å². The Bertz CT molecular complexity index is 1890. The molecule has 0 unspecified atom stereocenters. The van der Waals surface area contributed by atoms with Gasteiger partial charge in [0.15, 0.2) is 0 Å². The number of morpholine rings is 2. The Morgan fingerprint density at radius 3 is 1.19 bits per heavy atom. The van der Waals surface area contributed by atoms with Gasteiger partial charge in [-0.3, -0.25) is 9.59 Å². The van der Waals surface area contributed by atoms with Crippen molar-refractivity contribution in [3.05, 3.63) is 139 Å². The molecule has 8 atom stereocenters. The number of amides is 2. The zero-order valence-corrected chi connectivity index (χ0v) is 41.8. The van der Waals surface area contributed by atoms with E-state index in [0.717, 1.165) is 46.6 Å². The van der Waals surface area contributed by atoms with Crippen LogP contribution in [0.5, 0.6) is 0 Å². The highest BCUT2D eigenvalue weighted by Crippen LogP contribution is 2.45. The van der Waals surface area contributed by atoms with Crippen LogP contribution in [0.4, 0.5) is 0 Å². The molecule has 2 aliphatic rings. The second-order valence-electron chi connectivity index (χ2n) is 16.9. The first-order chi connectivity index (χ1) is 29.6. The monoisotopic (exact) mass is 958 g/mol. The standard InChI is InChI=1S/2C25H31Cl2NO2S/c2*1-5-22(15-31-17(4)16(2)3)28-23(29)14-30-25(19-7-6-8-21(27)13-19)24(28)18-9-11-20(26)12-10-18/h2*6-13,16-17,22,24-25H,5,14-15H2,1-4H3/t17-,22+,24-,25-;17-,22-,24+,25+/m10/s1. The summed E-state index contributed by atoms with van der Waals surface area (Å²) in [6.45, 7) is 17.9. The van der Waals surface area contributed by atoms with Gasteiger partial charge >= 0.3 is 0 Å². The van der Waals surface area contributed by atoms with E-state index in [1.165, 1.54) is 0 Å². The van der Waals surface area contributed by atoms with Crippen molar-refractivity contribution in [2.24, 2.45) is 11.8 Å². The Morgan fingerprint density at radius 2 is 0.887 bits per heavy atom. The predicted octanol–water partition coefficient (Wildman–Crippen LogP) is 14.4. The van der Waals surface area contributed by atoms with E-state index in [1.54, 1.807) is 0 Å². The van der Waals surface area contributed by atoms with Crippen molar-refractivity contribution in [2.45, 2.75) is 115 Å². The summed E-state index contributed by atoms with van der Waals surface area (Å²) < 4.78 is 12.3. The Hall–Kier alpha value is -2.40. The van der Waals surface area contributed by atoms with Gasteiger partial charge in [0.05, 0.1) is 12.1 Å². The van der Waals surface area contributed by atoms with E-state index in [0.29, 0.717) is 42.4 Å². The summed E-state index contributed by atoms with van der Waals surface area (Å²) in [5, 5.41) is 3.73. The number of halogens is 4. The SMILES string of the molecule is CC[C@@H](CS[C@@H](C)C(C)C)N1C(=O)CO[C@H](c2cccc(Cl)c2)[C@H]1c1ccc(Cl)cc1.CC[C@@H](CS[C@H](C)C(C)C)N1C(=O)CO[C@H](c2cccc(Cl)c2)[C@H]1c1ccc(Cl)cc1. The van der Waals surface area contributed by atoms with Crippen molar-refractivity contribution >= 4 is 81.7 Å². The van der Waals surface area contributed by atoms with Crippen LogP contribution in [0.2, 0.25) is 20.1 Å². The number of carbonyl (C=O) groups excluding carboxylic acids is 2. The quantitative estimate of drug-likeness (QED) is 0.112. The van der Waals surface area contributed by atoms with E-state index < -0.39 is 0 Å². The summed E-state index contributed by atoms with van der Waals surface area (Å²) in [7, 11) is 0. The molecule has 2 amide bonds. The molecule has 0 bridgehead atoms. The van der Waals surface area contributed by atoms with Gasteiger partial charge in [0, 0.05) is 54.2 Å². The molecular formula is C50H62Cl4N2O4S2. The molecule has 0 radical (unpaired) electrons. The largest absolute Gasteiger partial charge is 0.361 e. The molecule has 6 rings (SSSR count). The smallest absolute Gasteiger partial charge is 0.249 e. The molecule has 4 aromatic rings. The summed E-state index contributed by atoms with van der Waals surface area (Å²) in [5.41, 5.74) is 3.98. The van der Waals surface area contributed by atoms with Crippen LogP contribution in [0.15, 0.2) is 97.1 Å². The maximum atomic E-state index is 13.2. The molecule has 2 fully saturated rings. The summed E-state index contributed by atoms with van der Waals surface area (Å²) in [6.07, 6.45) is 1.18. The van der Waals surface area contributed by atoms with Gasteiger partial charge in [-0.2, -0.15) is 23.5 Å². The molecular weight excluding hydrogens is 899 g/mol. The molecule has 62 heavy (non-hydrogen) atoms. The first-order valence-electron chi connectivity index (χ1n) is 21.7. The maximum Gasteiger partial charge on any atom is 0.249 e. The van der Waals surface area contributed by atoms with Crippen molar-refractivity contribution in [1.29, 1.82) is 0 Å². The molecule has 2 heterocycles. The van der Waals surface area contributed by atoms with Crippen LogP contribution in [0, 0.1) is 11.8 Å². The summed E-state index contributed by atoms with van der Waals surface area (Å²) in [6, 6.07) is 30.7. The average Bonchev–Trinajstić information content (AvgIpc) is 3.25. The zero-order valence-electron chi connectivity index (χ0n) is 37.1. The molecule has 2 saturated heterocycles. The highest BCUT2D eigenvalue weighted by atomic mass is 35.5. The minimum absolute atomic E-state index is 0.0304. The van der Waals surface area contributed by atoms with Crippen LogP contribution in [0.25, 0.3) is 0 Å². The van der Waals surface area contributed by atoms with Gasteiger partial charge in [0.25, 0.3) is 0 Å². The number of hydrogen-bond donors (Lipinski definition) is 0. The number of hydrogen-bond acceptors (Lipinski definition) is 6. The molecule has 12 heteroatoms. The first kappa shape index (κ1) is 50.6. The van der Waals surface area contributed by atoms with Crippen LogP contribution in [-0.2, 0) is 19.1 Å². The molecule has 4 aromatic carbocycles. The molecule has 6 nitrogen and oxygen atoms in total. The fourth-order valence-electron chi connectivity index (χ4n) is 7.73. The third kappa shape index (κ3) is 13.3. The van der Waals surface area contributed by atoms with Crippen molar-refractivity contribution in [3.8, 4) is 0 Å². The van der Waals surface area contributed by atoms with Gasteiger partial charge in [0.1, 0.15) is 25.4 Å². The number of ether oxygens (including phenoxy) is 2. The Balaban J connectivity index is 0.000000234. The molecule has 0 N–H and O–H groups in total. The van der Waals surface area contributed by atoms with Crippen molar-refractivity contribution in [3.63, 3.8) is 0 Å². The number of nitrogens with zero attached hydrogens (tertiary/aromatic N) is 2. The Labute approximate surface area is 399 Å². The van der Waals surface area contributed by atoms with E-state index in [-0.39, 0.29) is 61.4 Å². The highest BCUT2D eigenvalue weighted by molar-refractivity contribution is 8.00. The molecule has 336 valence electrons. The molecule has 0 aromatic heterocycles. The van der Waals surface area contributed by atoms with Crippen molar-refractivity contribution < 1.29 is 19.1 Å². The van der Waals surface area contributed by atoms with Gasteiger partial charge in [0.2, 0.25) is 11.8 Å². The number of thioether (sulfide) groups is 2. The second kappa shape index (κ2) is 24.2. The third-order valence-electron chi connectivity index (χ3n) is 12.0. The molecule has 2 aliphatic heterocycles. The topological polar surface area (TPSA) is 59.1 Å². The van der Waals surface area contributed by atoms with Gasteiger partial charge in [-0.15, -0.1) is 0 Å². The van der Waals surface area contributed by atoms with Gasteiger partial charge in [-0.1, -0.05) is 150 Å². The lowest BCUT2D eigenvalue weighted by Gasteiger charge is -2.45. The number of carbonyl (C=O) groups is 2. The molecule has 0 spiro atoms. The van der Waals surface area contributed by atoms with Gasteiger partial charge < -0.3 is 19.3 Å². The lowest BCUT2D eigenvalue weighted by Crippen LogP contribution is -2.51. The fraction of sp³-hybridized carbons (Fsp3) is 0.480. The summed E-state index contributed by atoms with van der Waals surface area (Å²) in [4.78, 5) is 30.5. The average molecular weight is 961 g/mol. The van der Waals surface area contributed by atoms with Gasteiger partial charge in [-0.25, -0.2) is 0 Å². The molecule has 0 aliphatic carbocycles. The van der Waals surface area contributed by atoms with Crippen molar-refractivity contribution in [1.82, 2.24) is 9.80 Å². The minimum atomic E-state index is -0.292. The molecule has 0 saturated carbocycles. The summed E-state index contributed by atoms with van der Waals surface area (Å²) in [5.74, 6) is 3.04. The van der Waals surface area contributed by atoms with Crippen molar-refractivity contribution in [2.75, 3.05) is 24.7 Å². The van der Waals surface area contributed by atoms with Crippen LogP contribution < -0.4 is 0 Å². The first-order valence-corrected chi connectivity index (χ1v) is 25.3. The Kier molecular flexibility index (Phi) is 19.8. The number of benzene rings is 4. The van der Waals surface area contributed by atoms with Crippen LogP contribution in [-0.4, -0.2) is 68.9 Å². The lowest BCUT2D eigenvalue weighted by molar-refractivity contribution is -0.163. The van der Waals surface area contributed by atoms with E-state index in [9.17, 15) is 9.59 Å². The Morgan fingerprint density at radius 1 is 0.532 bits per heavy atom. The fourth-order valence-corrected chi connectivity index (χ4v) is 11.0. The lowest BCUT2D eigenvalue weighted by atomic mass is 9.91. The van der Waals surface area contributed by atoms with Crippen LogP contribution >= 0.6 is 69.9 Å². The van der Waals surface area contributed by atoms with E-state index >= 15 is 0 Å². The number of rotatable bonds is 16. The maximum absolute atomic E-state index is 13.2. The highest BCUT2D eigenvalue weighted by Gasteiger charge is 2.43. The third-order valence-corrected chi connectivity index (χ3v) is 16.3. The van der Waals surface area contributed by atoms with Crippen LogP contribution in [0.1, 0.15) is 115 Å².